The molecule has 1 atom stereocenters. The number of carbonyl (C=O) groups is 1. The molecular weight excluding hydrogens is 278 g/mol. The van der Waals surface area contributed by atoms with Crippen molar-refractivity contribution in [2.75, 3.05) is 6.54 Å². The normalized spacial score (nSPS) is 21.0. The molecule has 1 unspecified atom stereocenters. The van der Waals surface area contributed by atoms with Crippen LogP contribution >= 0.6 is 0 Å². The van der Waals surface area contributed by atoms with E-state index in [-0.39, 0.29) is 11.4 Å². The highest BCUT2D eigenvalue weighted by Gasteiger charge is 2.38. The smallest absolute Gasteiger partial charge is 0.240 e. The van der Waals surface area contributed by atoms with Crippen molar-refractivity contribution in [3.8, 4) is 5.69 Å². The fraction of sp³-hybridized carbons (Fsp3) is 0.438. The average molecular weight is 299 g/mol. The number of rotatable bonds is 5. The summed E-state index contributed by atoms with van der Waals surface area (Å²) in [4.78, 5) is 16.4. The Morgan fingerprint density at radius 1 is 1.50 bits per heavy atom. The molecule has 0 radical (unpaired) electrons. The van der Waals surface area contributed by atoms with Crippen molar-refractivity contribution in [1.82, 2.24) is 25.4 Å². The zero-order chi connectivity index (χ0) is 15.4. The van der Waals surface area contributed by atoms with Gasteiger partial charge < -0.3 is 10.6 Å². The first-order valence-corrected chi connectivity index (χ1v) is 7.71. The molecule has 1 aliphatic heterocycles. The lowest BCUT2D eigenvalue weighted by Crippen LogP contribution is -2.52. The van der Waals surface area contributed by atoms with Crippen molar-refractivity contribution in [3.63, 3.8) is 0 Å². The molecule has 3 rings (SSSR count). The van der Waals surface area contributed by atoms with E-state index >= 15 is 0 Å². The molecule has 116 valence electrons. The molecule has 1 saturated heterocycles. The van der Waals surface area contributed by atoms with E-state index in [9.17, 15) is 4.79 Å². The third kappa shape index (κ3) is 2.87. The van der Waals surface area contributed by atoms with E-state index in [1.807, 2.05) is 24.3 Å². The van der Waals surface area contributed by atoms with Crippen LogP contribution in [-0.4, -0.2) is 32.8 Å². The first-order valence-electron chi connectivity index (χ1n) is 7.71. The molecule has 2 N–H and O–H groups in total. The van der Waals surface area contributed by atoms with Gasteiger partial charge in [0.25, 0.3) is 0 Å². The van der Waals surface area contributed by atoms with E-state index < -0.39 is 0 Å². The minimum atomic E-state index is -0.385. The molecule has 1 fully saturated rings. The predicted octanol–water partition coefficient (Wildman–Crippen LogP) is 1.42. The minimum absolute atomic E-state index is 0.0960. The van der Waals surface area contributed by atoms with Crippen LogP contribution in [0.15, 0.2) is 36.9 Å². The molecule has 0 bridgehead atoms. The van der Waals surface area contributed by atoms with Crippen molar-refractivity contribution < 1.29 is 4.79 Å². The largest absolute Gasteiger partial charge is 0.350 e. The highest BCUT2D eigenvalue weighted by atomic mass is 16.2. The first-order chi connectivity index (χ1) is 10.7. The molecule has 0 aliphatic carbocycles. The second kappa shape index (κ2) is 6.27. The van der Waals surface area contributed by atoms with E-state index in [1.165, 1.54) is 6.33 Å². The summed E-state index contributed by atoms with van der Waals surface area (Å²) in [6, 6.07) is 7.94. The summed E-state index contributed by atoms with van der Waals surface area (Å²) in [6.07, 6.45) is 5.95. The van der Waals surface area contributed by atoms with Gasteiger partial charge >= 0.3 is 0 Å². The number of amides is 1. The maximum atomic E-state index is 12.5. The van der Waals surface area contributed by atoms with Gasteiger partial charge in [-0.3, -0.25) is 4.79 Å². The molecule has 6 nitrogen and oxygen atoms in total. The zero-order valence-corrected chi connectivity index (χ0v) is 12.7. The van der Waals surface area contributed by atoms with Crippen LogP contribution in [0.4, 0.5) is 0 Å². The van der Waals surface area contributed by atoms with Crippen molar-refractivity contribution in [1.29, 1.82) is 0 Å². The van der Waals surface area contributed by atoms with Gasteiger partial charge in [-0.1, -0.05) is 19.1 Å². The van der Waals surface area contributed by atoms with E-state index in [2.05, 4.69) is 27.6 Å². The van der Waals surface area contributed by atoms with E-state index in [4.69, 9.17) is 0 Å². The Balaban J connectivity index is 1.66. The van der Waals surface area contributed by atoms with Crippen LogP contribution in [0.2, 0.25) is 0 Å². The summed E-state index contributed by atoms with van der Waals surface area (Å²) in [7, 11) is 0. The number of nitrogens with one attached hydrogen (secondary N) is 2. The first kappa shape index (κ1) is 14.7. The van der Waals surface area contributed by atoms with Crippen LogP contribution < -0.4 is 10.6 Å². The summed E-state index contributed by atoms with van der Waals surface area (Å²) in [5.41, 5.74) is 1.60. The Labute approximate surface area is 129 Å². The molecule has 1 aliphatic rings. The molecule has 1 aromatic heterocycles. The fourth-order valence-corrected chi connectivity index (χ4v) is 2.96. The maximum Gasteiger partial charge on any atom is 0.240 e. The van der Waals surface area contributed by atoms with E-state index in [0.717, 1.165) is 37.1 Å². The van der Waals surface area contributed by atoms with Crippen LogP contribution in [0.25, 0.3) is 5.69 Å². The molecule has 1 aromatic carbocycles. The number of aromatic nitrogens is 3. The second-order valence-corrected chi connectivity index (χ2v) is 5.66. The van der Waals surface area contributed by atoms with Crippen LogP contribution in [0, 0.1) is 0 Å². The van der Waals surface area contributed by atoms with Crippen molar-refractivity contribution in [3.05, 3.63) is 42.5 Å². The molecular formula is C16H21N5O. The maximum absolute atomic E-state index is 12.5. The summed E-state index contributed by atoms with van der Waals surface area (Å²) in [5.74, 6) is 0.0960. The Bertz CT molecular complexity index is 632. The third-order valence-electron chi connectivity index (χ3n) is 4.33. The molecule has 22 heavy (non-hydrogen) atoms. The van der Waals surface area contributed by atoms with Gasteiger partial charge in [0.2, 0.25) is 5.91 Å². The van der Waals surface area contributed by atoms with Crippen LogP contribution in [0.1, 0.15) is 31.7 Å². The Morgan fingerprint density at radius 2 is 2.41 bits per heavy atom. The van der Waals surface area contributed by atoms with E-state index in [0.29, 0.717) is 6.54 Å². The van der Waals surface area contributed by atoms with Gasteiger partial charge in [-0.25, -0.2) is 9.67 Å². The van der Waals surface area contributed by atoms with Crippen LogP contribution in [0.5, 0.6) is 0 Å². The van der Waals surface area contributed by atoms with Crippen molar-refractivity contribution in [2.45, 2.75) is 38.3 Å². The average Bonchev–Trinajstić information content (AvgIpc) is 3.24. The molecule has 2 aromatic rings. The fourth-order valence-electron chi connectivity index (χ4n) is 2.96. The van der Waals surface area contributed by atoms with Gasteiger partial charge in [-0.05, 0) is 43.5 Å². The lowest BCUT2D eigenvalue weighted by Gasteiger charge is -2.26. The minimum Gasteiger partial charge on any atom is -0.350 e. The molecule has 6 heteroatoms. The summed E-state index contributed by atoms with van der Waals surface area (Å²) in [5, 5.41) is 10.5. The van der Waals surface area contributed by atoms with Gasteiger partial charge in [0, 0.05) is 6.54 Å². The quantitative estimate of drug-likeness (QED) is 0.876. The van der Waals surface area contributed by atoms with Crippen LogP contribution in [-0.2, 0) is 11.3 Å². The Morgan fingerprint density at radius 3 is 3.09 bits per heavy atom. The number of nitrogens with zero attached hydrogens (tertiary/aromatic N) is 3. The van der Waals surface area contributed by atoms with Gasteiger partial charge in [-0.2, -0.15) is 5.10 Å². The summed E-state index contributed by atoms with van der Waals surface area (Å²) < 4.78 is 1.71. The number of benzene rings is 1. The number of hydrogen-bond acceptors (Lipinski definition) is 4. The molecule has 1 amide bonds. The number of hydrogen-bond donors (Lipinski definition) is 2. The standard InChI is InChI=1S/C16H21N5O/c1-2-16(7-4-8-19-16)15(22)18-10-13-5-3-6-14(9-13)21-12-17-11-20-21/h3,5-6,9,11-12,19H,2,4,7-8,10H2,1H3,(H,18,22). The Kier molecular flexibility index (Phi) is 4.20. The number of carbonyl (C=O) groups excluding carboxylic acids is 1. The molecule has 0 spiro atoms. The predicted molar refractivity (Wildman–Crippen MR) is 83.5 cm³/mol. The molecule has 0 saturated carbocycles. The van der Waals surface area contributed by atoms with Crippen molar-refractivity contribution in [2.24, 2.45) is 0 Å². The van der Waals surface area contributed by atoms with Gasteiger partial charge in [0.05, 0.1) is 11.2 Å². The highest BCUT2D eigenvalue weighted by molar-refractivity contribution is 5.86. The third-order valence-corrected chi connectivity index (χ3v) is 4.33. The monoisotopic (exact) mass is 299 g/mol. The lowest BCUT2D eigenvalue weighted by atomic mass is 9.93. The Hall–Kier alpha value is -2.21. The topological polar surface area (TPSA) is 71.8 Å². The highest BCUT2D eigenvalue weighted by Crippen LogP contribution is 2.23. The second-order valence-electron chi connectivity index (χ2n) is 5.66. The van der Waals surface area contributed by atoms with Gasteiger partial charge in [0.1, 0.15) is 12.7 Å². The zero-order valence-electron chi connectivity index (χ0n) is 12.7. The summed E-state index contributed by atoms with van der Waals surface area (Å²) >= 11 is 0. The van der Waals surface area contributed by atoms with Gasteiger partial charge in [-0.15, -0.1) is 0 Å². The van der Waals surface area contributed by atoms with E-state index in [1.54, 1.807) is 11.0 Å². The lowest BCUT2D eigenvalue weighted by molar-refractivity contribution is -0.127. The van der Waals surface area contributed by atoms with Crippen molar-refractivity contribution >= 4 is 5.91 Å². The summed E-state index contributed by atoms with van der Waals surface area (Å²) in [6.45, 7) is 3.50. The van der Waals surface area contributed by atoms with Crippen LogP contribution in [0.3, 0.4) is 0 Å². The van der Waals surface area contributed by atoms with Gasteiger partial charge in [0.15, 0.2) is 0 Å². The molecule has 2 heterocycles. The SMILES string of the molecule is CCC1(C(=O)NCc2cccc(-n3cncn3)c2)CCCN1.